The smallest absolute Gasteiger partial charge is 0.343 e. The molecule has 3 aromatic carbocycles. The van der Waals surface area contributed by atoms with E-state index >= 15 is 0 Å². The molecule has 0 aliphatic heterocycles. The van der Waals surface area contributed by atoms with Crippen LogP contribution in [0, 0.1) is 0 Å². The lowest BCUT2D eigenvalue weighted by Gasteiger charge is -2.07. The van der Waals surface area contributed by atoms with Crippen LogP contribution in [0.3, 0.4) is 0 Å². The SMILES string of the molecule is CCCCOc1ccc(C(=O)Nc2ccc(OC(=O)c3ccc(OCCCC)cc3)c(=O)cc2)cc1. The number of amides is 1. The van der Waals surface area contributed by atoms with Gasteiger partial charge in [-0.1, -0.05) is 26.7 Å². The van der Waals surface area contributed by atoms with Crippen LogP contribution >= 0.6 is 0 Å². The van der Waals surface area contributed by atoms with E-state index in [-0.39, 0.29) is 11.7 Å². The van der Waals surface area contributed by atoms with Gasteiger partial charge in [-0.2, -0.15) is 0 Å². The summed E-state index contributed by atoms with van der Waals surface area (Å²) in [7, 11) is 0. The molecule has 0 aliphatic carbocycles. The number of unbranched alkanes of at least 4 members (excludes halogenated alkanes) is 2. The molecule has 0 aromatic heterocycles. The molecule has 188 valence electrons. The van der Waals surface area contributed by atoms with Crippen molar-refractivity contribution >= 4 is 17.6 Å². The van der Waals surface area contributed by atoms with Crippen molar-refractivity contribution in [3.63, 3.8) is 0 Å². The van der Waals surface area contributed by atoms with Crippen LogP contribution in [0.1, 0.15) is 60.2 Å². The third kappa shape index (κ3) is 7.98. The number of nitrogens with one attached hydrogen (secondary N) is 1. The summed E-state index contributed by atoms with van der Waals surface area (Å²) >= 11 is 0. The van der Waals surface area contributed by atoms with Gasteiger partial charge in [0.1, 0.15) is 11.5 Å². The molecule has 0 radical (unpaired) electrons. The second-order valence-electron chi connectivity index (χ2n) is 8.15. The molecule has 0 fully saturated rings. The van der Waals surface area contributed by atoms with E-state index in [2.05, 4.69) is 19.2 Å². The first-order valence-electron chi connectivity index (χ1n) is 12.1. The van der Waals surface area contributed by atoms with E-state index < -0.39 is 11.4 Å². The number of carbonyl (C=O) groups is 2. The van der Waals surface area contributed by atoms with Gasteiger partial charge in [0.25, 0.3) is 5.91 Å². The van der Waals surface area contributed by atoms with Crippen LogP contribution < -0.4 is 25.0 Å². The van der Waals surface area contributed by atoms with E-state index in [0.717, 1.165) is 25.7 Å². The van der Waals surface area contributed by atoms with Gasteiger partial charge in [0.2, 0.25) is 5.43 Å². The second kappa shape index (κ2) is 13.7. The fraction of sp³-hybridized carbons (Fsp3) is 0.276. The molecule has 0 heterocycles. The van der Waals surface area contributed by atoms with E-state index in [4.69, 9.17) is 14.2 Å². The van der Waals surface area contributed by atoms with Gasteiger partial charge in [0.05, 0.1) is 18.8 Å². The van der Waals surface area contributed by atoms with Crippen LogP contribution in [0.15, 0.2) is 77.6 Å². The molecule has 7 nitrogen and oxygen atoms in total. The fourth-order valence-electron chi connectivity index (χ4n) is 3.14. The molecular weight excluding hydrogens is 458 g/mol. The molecule has 0 bridgehead atoms. The Balaban J connectivity index is 1.61. The van der Waals surface area contributed by atoms with Gasteiger partial charge in [-0.05, 0) is 85.6 Å². The average Bonchev–Trinajstić information content (AvgIpc) is 3.06. The minimum atomic E-state index is -0.662. The van der Waals surface area contributed by atoms with Crippen LogP contribution in [-0.4, -0.2) is 25.1 Å². The standard InChI is InChI=1S/C29H31NO6/c1-3-5-19-34-24-13-7-21(8-14-24)28(32)30-23-11-17-26(31)27(18-12-23)36-29(33)22-9-15-25(16-10-22)35-20-6-4-2/h7-18H,3-6,19-20H2,1-2H3,(H,30,32). The Bertz CT molecular complexity index is 1210. The van der Waals surface area contributed by atoms with Crippen LogP contribution in [0.5, 0.6) is 17.2 Å². The Morgan fingerprint density at radius 3 is 1.78 bits per heavy atom. The molecular formula is C29H31NO6. The van der Waals surface area contributed by atoms with Crippen LogP contribution in [-0.2, 0) is 0 Å². The highest BCUT2D eigenvalue weighted by atomic mass is 16.5. The van der Waals surface area contributed by atoms with Gasteiger partial charge >= 0.3 is 5.97 Å². The summed E-state index contributed by atoms with van der Waals surface area (Å²) in [5.74, 6) is 0.220. The van der Waals surface area contributed by atoms with Crippen molar-refractivity contribution in [3.8, 4) is 17.2 Å². The molecule has 3 aromatic rings. The van der Waals surface area contributed by atoms with Crippen molar-refractivity contribution in [2.75, 3.05) is 18.5 Å². The highest BCUT2D eigenvalue weighted by Crippen LogP contribution is 2.17. The van der Waals surface area contributed by atoms with Gasteiger partial charge < -0.3 is 19.5 Å². The van der Waals surface area contributed by atoms with E-state index in [9.17, 15) is 14.4 Å². The molecule has 0 saturated heterocycles. The number of ether oxygens (including phenoxy) is 3. The lowest BCUT2D eigenvalue weighted by atomic mass is 10.2. The molecule has 0 atom stereocenters. The fourth-order valence-corrected chi connectivity index (χ4v) is 3.14. The van der Waals surface area contributed by atoms with Gasteiger partial charge in [-0.3, -0.25) is 9.59 Å². The minimum absolute atomic E-state index is 0.141. The zero-order valence-corrected chi connectivity index (χ0v) is 20.6. The molecule has 0 saturated carbocycles. The number of hydrogen-bond donors (Lipinski definition) is 1. The highest BCUT2D eigenvalue weighted by molar-refractivity contribution is 6.04. The molecule has 0 spiro atoms. The Morgan fingerprint density at radius 2 is 1.22 bits per heavy atom. The van der Waals surface area contributed by atoms with Crippen molar-refractivity contribution in [1.29, 1.82) is 0 Å². The maximum atomic E-state index is 12.6. The van der Waals surface area contributed by atoms with Crippen LogP contribution in [0.4, 0.5) is 5.69 Å². The van der Waals surface area contributed by atoms with E-state index in [0.29, 0.717) is 41.5 Å². The van der Waals surface area contributed by atoms with Crippen LogP contribution in [0.25, 0.3) is 0 Å². The van der Waals surface area contributed by atoms with Crippen molar-refractivity contribution in [1.82, 2.24) is 0 Å². The third-order valence-corrected chi connectivity index (χ3v) is 5.27. The van der Waals surface area contributed by atoms with E-state index in [1.165, 1.54) is 24.3 Å². The number of benzene rings is 2. The first-order chi connectivity index (χ1) is 17.5. The number of anilines is 1. The zero-order chi connectivity index (χ0) is 25.8. The summed E-state index contributed by atoms with van der Waals surface area (Å²) in [5.41, 5.74) is 0.632. The number of rotatable bonds is 12. The summed E-state index contributed by atoms with van der Waals surface area (Å²) in [6, 6.07) is 19.0. The van der Waals surface area contributed by atoms with Gasteiger partial charge in [-0.15, -0.1) is 0 Å². The van der Waals surface area contributed by atoms with Crippen molar-refractivity contribution in [3.05, 3.63) is 94.1 Å². The van der Waals surface area contributed by atoms with E-state index in [1.54, 1.807) is 48.5 Å². The number of hydrogen-bond acceptors (Lipinski definition) is 6. The molecule has 3 rings (SSSR count). The van der Waals surface area contributed by atoms with Gasteiger partial charge in [0, 0.05) is 11.3 Å². The summed E-state index contributed by atoms with van der Waals surface area (Å²) in [6.07, 6.45) is 3.99. The number of carbonyl (C=O) groups excluding carboxylic acids is 2. The Morgan fingerprint density at radius 1 is 0.694 bits per heavy atom. The maximum absolute atomic E-state index is 12.6. The molecule has 36 heavy (non-hydrogen) atoms. The largest absolute Gasteiger partial charge is 0.494 e. The lowest BCUT2D eigenvalue weighted by molar-refractivity contribution is 0.0733. The summed E-state index contributed by atoms with van der Waals surface area (Å²) in [4.78, 5) is 37.5. The van der Waals surface area contributed by atoms with E-state index in [1.807, 2.05) is 0 Å². The third-order valence-electron chi connectivity index (χ3n) is 5.27. The maximum Gasteiger partial charge on any atom is 0.343 e. The molecule has 0 unspecified atom stereocenters. The highest BCUT2D eigenvalue weighted by Gasteiger charge is 2.12. The monoisotopic (exact) mass is 489 g/mol. The second-order valence-corrected chi connectivity index (χ2v) is 8.15. The quantitative estimate of drug-likeness (QED) is 0.253. The topological polar surface area (TPSA) is 90.9 Å². The molecule has 0 aliphatic rings. The van der Waals surface area contributed by atoms with Crippen molar-refractivity contribution in [2.24, 2.45) is 0 Å². The van der Waals surface area contributed by atoms with Crippen molar-refractivity contribution in [2.45, 2.75) is 39.5 Å². The first kappa shape index (κ1) is 26.5. The normalized spacial score (nSPS) is 10.4. The Hall–Kier alpha value is -4.13. The minimum Gasteiger partial charge on any atom is -0.494 e. The molecule has 7 heteroatoms. The summed E-state index contributed by atoms with van der Waals surface area (Å²) < 4.78 is 16.5. The average molecular weight is 490 g/mol. The molecule has 1 N–H and O–H groups in total. The Kier molecular flexibility index (Phi) is 10.1. The van der Waals surface area contributed by atoms with Crippen molar-refractivity contribution < 1.29 is 23.8 Å². The lowest BCUT2D eigenvalue weighted by Crippen LogP contribution is -2.13. The predicted molar refractivity (Wildman–Crippen MR) is 139 cm³/mol. The Labute approximate surface area is 211 Å². The van der Waals surface area contributed by atoms with Crippen LogP contribution in [0.2, 0.25) is 0 Å². The van der Waals surface area contributed by atoms with Gasteiger partial charge in [-0.25, -0.2) is 4.79 Å². The predicted octanol–water partition coefficient (Wildman–Crippen LogP) is 5.88. The summed E-state index contributed by atoms with van der Waals surface area (Å²) in [6.45, 7) is 5.41. The number of esters is 1. The molecule has 1 amide bonds. The zero-order valence-electron chi connectivity index (χ0n) is 20.6. The first-order valence-corrected chi connectivity index (χ1v) is 12.1. The van der Waals surface area contributed by atoms with Gasteiger partial charge in [0.15, 0.2) is 5.75 Å². The summed E-state index contributed by atoms with van der Waals surface area (Å²) in [5, 5.41) is 2.74.